The molecule has 0 radical (unpaired) electrons. The van der Waals surface area contributed by atoms with Crippen molar-refractivity contribution in [3.63, 3.8) is 0 Å². The SMILES string of the molecule is c1ccc(-c2nc(-c3ccc(-c4cc5ccccc5c5ccccc45)cc3)nc(-c3ccc4c(c3)oc3ccccc34)n2)cc1. The van der Waals surface area contributed by atoms with E-state index < -0.39 is 0 Å². The Balaban J connectivity index is 1.17. The zero-order valence-electron chi connectivity index (χ0n) is 24.2. The third-order valence-electron chi connectivity index (χ3n) is 8.53. The van der Waals surface area contributed by atoms with Crippen molar-refractivity contribution in [2.75, 3.05) is 0 Å². The minimum Gasteiger partial charge on any atom is -0.456 e. The van der Waals surface area contributed by atoms with E-state index in [1.165, 1.54) is 27.1 Å². The van der Waals surface area contributed by atoms with Crippen LogP contribution in [-0.4, -0.2) is 15.0 Å². The fourth-order valence-electron chi connectivity index (χ4n) is 6.31. The van der Waals surface area contributed by atoms with E-state index in [4.69, 9.17) is 19.4 Å². The lowest BCUT2D eigenvalue weighted by Crippen LogP contribution is -2.00. The number of nitrogens with zero attached hydrogens (tertiary/aromatic N) is 3. The molecule has 4 nitrogen and oxygen atoms in total. The molecule has 0 spiro atoms. The van der Waals surface area contributed by atoms with Crippen LogP contribution >= 0.6 is 0 Å². The van der Waals surface area contributed by atoms with Crippen LogP contribution in [0.25, 0.3) is 88.8 Å². The number of rotatable bonds is 4. The van der Waals surface area contributed by atoms with Gasteiger partial charge in [0.2, 0.25) is 0 Å². The van der Waals surface area contributed by atoms with Crippen molar-refractivity contribution in [2.45, 2.75) is 0 Å². The summed E-state index contributed by atoms with van der Waals surface area (Å²) >= 11 is 0. The van der Waals surface area contributed by atoms with Gasteiger partial charge in [-0.05, 0) is 56.9 Å². The van der Waals surface area contributed by atoms with Crippen LogP contribution in [0.2, 0.25) is 0 Å². The summed E-state index contributed by atoms with van der Waals surface area (Å²) in [5, 5.41) is 7.15. The quantitative estimate of drug-likeness (QED) is 0.196. The molecule has 210 valence electrons. The number of hydrogen-bond donors (Lipinski definition) is 0. The Morgan fingerprint density at radius 3 is 1.64 bits per heavy atom. The minimum atomic E-state index is 0.603. The van der Waals surface area contributed by atoms with Crippen LogP contribution in [0.3, 0.4) is 0 Å². The third kappa shape index (κ3) is 4.35. The van der Waals surface area contributed by atoms with Crippen LogP contribution in [0.4, 0.5) is 0 Å². The normalized spacial score (nSPS) is 11.6. The summed E-state index contributed by atoms with van der Waals surface area (Å²) in [4.78, 5) is 14.9. The first kappa shape index (κ1) is 25.4. The fraction of sp³-hybridized carbons (Fsp3) is 0. The van der Waals surface area contributed by atoms with E-state index in [2.05, 4.69) is 97.1 Å². The number of benzene rings is 7. The van der Waals surface area contributed by atoms with Gasteiger partial charge in [0, 0.05) is 27.5 Å². The second-order valence-corrected chi connectivity index (χ2v) is 11.2. The van der Waals surface area contributed by atoms with Crippen molar-refractivity contribution in [2.24, 2.45) is 0 Å². The lowest BCUT2D eigenvalue weighted by molar-refractivity contribution is 0.669. The monoisotopic (exact) mass is 575 g/mol. The highest BCUT2D eigenvalue weighted by Gasteiger charge is 2.15. The molecule has 7 aromatic carbocycles. The second kappa shape index (κ2) is 10.2. The summed E-state index contributed by atoms with van der Waals surface area (Å²) in [6.45, 7) is 0. The van der Waals surface area contributed by atoms with Crippen molar-refractivity contribution in [1.29, 1.82) is 0 Å². The number of hydrogen-bond acceptors (Lipinski definition) is 4. The van der Waals surface area contributed by atoms with Gasteiger partial charge in [0.25, 0.3) is 0 Å². The first-order valence-corrected chi connectivity index (χ1v) is 15.0. The number of fused-ring (bicyclic) bond motifs is 6. The molecule has 9 rings (SSSR count). The average Bonchev–Trinajstić information content (AvgIpc) is 3.49. The molecular formula is C41H25N3O. The standard InChI is InChI=1S/C41H25N3O/c1-2-10-27(11-3-1)39-42-40(44-41(43-39)30-22-23-35-34-16-8-9-17-37(34)45-38(35)25-30)28-20-18-26(19-21-28)36-24-29-12-4-5-13-31(29)32-14-6-7-15-33(32)36/h1-25H. The minimum absolute atomic E-state index is 0.603. The summed E-state index contributed by atoms with van der Waals surface area (Å²) in [6.07, 6.45) is 0. The molecule has 4 heteroatoms. The van der Waals surface area contributed by atoms with Gasteiger partial charge in [-0.1, -0.05) is 127 Å². The Bertz CT molecular complexity index is 2530. The van der Waals surface area contributed by atoms with Crippen molar-refractivity contribution in [3.05, 3.63) is 152 Å². The van der Waals surface area contributed by atoms with Crippen LogP contribution in [0.15, 0.2) is 156 Å². The van der Waals surface area contributed by atoms with Gasteiger partial charge >= 0.3 is 0 Å². The first-order chi connectivity index (χ1) is 22.3. The lowest BCUT2D eigenvalue weighted by Gasteiger charge is -2.12. The lowest BCUT2D eigenvalue weighted by atomic mass is 9.93. The van der Waals surface area contributed by atoms with Gasteiger partial charge < -0.3 is 4.42 Å². The van der Waals surface area contributed by atoms with Gasteiger partial charge in [-0.2, -0.15) is 0 Å². The van der Waals surface area contributed by atoms with Crippen LogP contribution in [0.5, 0.6) is 0 Å². The summed E-state index contributed by atoms with van der Waals surface area (Å²) in [5.41, 5.74) is 6.77. The average molecular weight is 576 g/mol. The Kier molecular flexibility index (Phi) is 5.78. The smallest absolute Gasteiger partial charge is 0.164 e. The Morgan fingerprint density at radius 2 is 0.867 bits per heavy atom. The van der Waals surface area contributed by atoms with Gasteiger partial charge in [-0.3, -0.25) is 0 Å². The summed E-state index contributed by atoms with van der Waals surface area (Å²) in [7, 11) is 0. The Morgan fingerprint density at radius 1 is 0.333 bits per heavy atom. The van der Waals surface area contributed by atoms with Crippen molar-refractivity contribution < 1.29 is 4.42 Å². The van der Waals surface area contributed by atoms with Gasteiger partial charge in [0.05, 0.1) is 0 Å². The number of para-hydroxylation sites is 1. The molecule has 0 saturated carbocycles. The number of aromatic nitrogens is 3. The molecule has 0 aliphatic carbocycles. The molecule has 0 amide bonds. The Hall–Kier alpha value is -6.13. The van der Waals surface area contributed by atoms with Crippen LogP contribution in [0.1, 0.15) is 0 Å². The topological polar surface area (TPSA) is 51.8 Å². The molecule has 0 unspecified atom stereocenters. The van der Waals surface area contributed by atoms with E-state index >= 15 is 0 Å². The highest BCUT2D eigenvalue weighted by Crippen LogP contribution is 2.36. The molecule has 0 aliphatic heterocycles. The molecule has 0 fully saturated rings. The maximum absolute atomic E-state index is 6.19. The predicted molar refractivity (Wildman–Crippen MR) is 184 cm³/mol. The molecule has 0 bridgehead atoms. The molecule has 2 aromatic heterocycles. The van der Waals surface area contributed by atoms with Gasteiger partial charge in [0.15, 0.2) is 17.5 Å². The zero-order valence-corrected chi connectivity index (χ0v) is 24.2. The van der Waals surface area contributed by atoms with Crippen molar-refractivity contribution >= 4 is 43.5 Å². The molecule has 0 aliphatic rings. The van der Waals surface area contributed by atoms with Gasteiger partial charge in [-0.25, -0.2) is 15.0 Å². The summed E-state index contributed by atoms with van der Waals surface area (Å²) in [5.74, 6) is 1.86. The van der Waals surface area contributed by atoms with Crippen LogP contribution < -0.4 is 0 Å². The van der Waals surface area contributed by atoms with Crippen molar-refractivity contribution in [1.82, 2.24) is 15.0 Å². The van der Waals surface area contributed by atoms with E-state index in [1.807, 2.05) is 54.6 Å². The molecule has 0 atom stereocenters. The van der Waals surface area contributed by atoms with Gasteiger partial charge in [-0.15, -0.1) is 0 Å². The maximum atomic E-state index is 6.19. The first-order valence-electron chi connectivity index (χ1n) is 15.0. The largest absolute Gasteiger partial charge is 0.456 e. The zero-order chi connectivity index (χ0) is 29.7. The van der Waals surface area contributed by atoms with Gasteiger partial charge in [0.1, 0.15) is 11.2 Å². The maximum Gasteiger partial charge on any atom is 0.164 e. The number of furan rings is 1. The summed E-state index contributed by atoms with van der Waals surface area (Å²) in [6, 6.07) is 52.3. The fourth-order valence-corrected chi connectivity index (χ4v) is 6.31. The second-order valence-electron chi connectivity index (χ2n) is 11.2. The van der Waals surface area contributed by atoms with E-state index in [1.54, 1.807) is 0 Å². The van der Waals surface area contributed by atoms with E-state index in [9.17, 15) is 0 Å². The van der Waals surface area contributed by atoms with E-state index in [0.29, 0.717) is 17.5 Å². The molecule has 0 N–H and O–H groups in total. The van der Waals surface area contributed by atoms with E-state index in [-0.39, 0.29) is 0 Å². The molecule has 9 aromatic rings. The van der Waals surface area contributed by atoms with E-state index in [0.717, 1.165) is 44.2 Å². The molecule has 0 saturated heterocycles. The molecule has 2 heterocycles. The molecule has 45 heavy (non-hydrogen) atoms. The van der Waals surface area contributed by atoms with Crippen molar-refractivity contribution in [3.8, 4) is 45.3 Å². The predicted octanol–water partition coefficient (Wildman–Crippen LogP) is 10.7. The highest BCUT2D eigenvalue weighted by atomic mass is 16.3. The van der Waals surface area contributed by atoms with Crippen LogP contribution in [0, 0.1) is 0 Å². The third-order valence-corrected chi connectivity index (χ3v) is 8.53. The Labute approximate surface area is 259 Å². The van der Waals surface area contributed by atoms with Crippen LogP contribution in [-0.2, 0) is 0 Å². The molecular weight excluding hydrogens is 550 g/mol. The highest BCUT2D eigenvalue weighted by molar-refractivity contribution is 6.13. The summed E-state index contributed by atoms with van der Waals surface area (Å²) < 4.78 is 6.19.